The largest absolute Gasteiger partial charge is 0.399 e. The highest BCUT2D eigenvalue weighted by molar-refractivity contribution is 5.53. The Kier molecular flexibility index (Phi) is 3.84. The van der Waals surface area contributed by atoms with Gasteiger partial charge in [-0.15, -0.1) is 0 Å². The highest BCUT2D eigenvalue weighted by Crippen LogP contribution is 2.22. The summed E-state index contributed by atoms with van der Waals surface area (Å²) < 4.78 is 12.3. The van der Waals surface area contributed by atoms with E-state index in [-0.39, 0.29) is 6.67 Å². The number of hydrogen-bond donors (Lipinski definition) is 1. The lowest BCUT2D eigenvalue weighted by molar-refractivity contribution is 0.294. The van der Waals surface area contributed by atoms with Crippen molar-refractivity contribution in [2.75, 3.05) is 44.0 Å². The normalized spacial score (nSPS) is 20.7. The Labute approximate surface area is 102 Å². The second-order valence-electron chi connectivity index (χ2n) is 4.63. The first kappa shape index (κ1) is 12.2. The molecule has 0 spiro atoms. The zero-order chi connectivity index (χ0) is 12.3. The van der Waals surface area contributed by atoms with Gasteiger partial charge in [0, 0.05) is 44.1 Å². The minimum absolute atomic E-state index is 0.252. The standard InChI is InChI=1S/C13H20FN3/c1-16(12-4-2-11(15)3-5-12)13-6-8-17(10-13)9-7-14/h2-5,13H,6-10,15H2,1H3. The summed E-state index contributed by atoms with van der Waals surface area (Å²) in [5.74, 6) is 0. The van der Waals surface area contributed by atoms with Gasteiger partial charge in [0.05, 0.1) is 0 Å². The van der Waals surface area contributed by atoms with Gasteiger partial charge < -0.3 is 10.6 Å². The van der Waals surface area contributed by atoms with Crippen molar-refractivity contribution in [2.45, 2.75) is 12.5 Å². The minimum Gasteiger partial charge on any atom is -0.399 e. The SMILES string of the molecule is CN(c1ccc(N)cc1)C1CCN(CCF)C1. The molecular weight excluding hydrogens is 217 g/mol. The number of halogens is 1. The monoisotopic (exact) mass is 237 g/mol. The van der Waals surface area contributed by atoms with Crippen LogP contribution in [0.15, 0.2) is 24.3 Å². The maximum Gasteiger partial charge on any atom is 0.102 e. The van der Waals surface area contributed by atoms with E-state index in [1.807, 2.05) is 24.3 Å². The molecule has 1 aliphatic rings. The van der Waals surface area contributed by atoms with Crippen LogP contribution >= 0.6 is 0 Å². The van der Waals surface area contributed by atoms with E-state index < -0.39 is 0 Å². The fraction of sp³-hybridized carbons (Fsp3) is 0.538. The average Bonchev–Trinajstić information content (AvgIpc) is 2.78. The average molecular weight is 237 g/mol. The van der Waals surface area contributed by atoms with E-state index in [9.17, 15) is 4.39 Å². The molecule has 94 valence electrons. The van der Waals surface area contributed by atoms with E-state index in [1.54, 1.807) is 0 Å². The van der Waals surface area contributed by atoms with Crippen LogP contribution in [-0.2, 0) is 0 Å². The van der Waals surface area contributed by atoms with Gasteiger partial charge in [-0.2, -0.15) is 0 Å². The van der Waals surface area contributed by atoms with Gasteiger partial charge in [-0.25, -0.2) is 4.39 Å². The second kappa shape index (κ2) is 5.36. The van der Waals surface area contributed by atoms with Crippen molar-refractivity contribution in [1.82, 2.24) is 4.90 Å². The van der Waals surface area contributed by atoms with Crippen molar-refractivity contribution in [3.8, 4) is 0 Å². The van der Waals surface area contributed by atoms with Crippen LogP contribution in [0, 0.1) is 0 Å². The van der Waals surface area contributed by atoms with E-state index in [0.717, 1.165) is 25.2 Å². The van der Waals surface area contributed by atoms with Crippen LogP contribution in [0.1, 0.15) is 6.42 Å². The number of benzene rings is 1. The summed E-state index contributed by atoms with van der Waals surface area (Å²) in [4.78, 5) is 4.44. The maximum atomic E-state index is 12.3. The van der Waals surface area contributed by atoms with Crippen molar-refractivity contribution in [1.29, 1.82) is 0 Å². The highest BCUT2D eigenvalue weighted by atomic mass is 19.1. The van der Waals surface area contributed by atoms with Crippen molar-refractivity contribution < 1.29 is 4.39 Å². The number of likely N-dealkylation sites (tertiary alicyclic amines) is 1. The summed E-state index contributed by atoms with van der Waals surface area (Å²) in [6.07, 6.45) is 1.10. The van der Waals surface area contributed by atoms with Crippen LogP contribution < -0.4 is 10.6 Å². The van der Waals surface area contributed by atoms with Crippen LogP contribution in [0.3, 0.4) is 0 Å². The Hall–Kier alpha value is -1.29. The molecule has 0 bridgehead atoms. The summed E-state index contributed by atoms with van der Waals surface area (Å²) in [7, 11) is 2.09. The lowest BCUT2D eigenvalue weighted by Crippen LogP contribution is -2.35. The van der Waals surface area contributed by atoms with Gasteiger partial charge in [0.15, 0.2) is 0 Å². The van der Waals surface area contributed by atoms with Gasteiger partial charge in [-0.3, -0.25) is 4.90 Å². The molecule has 0 aliphatic carbocycles. The number of hydrogen-bond acceptors (Lipinski definition) is 3. The molecule has 0 saturated carbocycles. The molecule has 0 amide bonds. The minimum atomic E-state index is -0.252. The van der Waals surface area contributed by atoms with Gasteiger partial charge >= 0.3 is 0 Å². The van der Waals surface area contributed by atoms with E-state index in [0.29, 0.717) is 12.6 Å². The number of rotatable bonds is 4. The molecule has 1 unspecified atom stereocenters. The zero-order valence-corrected chi connectivity index (χ0v) is 10.3. The van der Waals surface area contributed by atoms with Gasteiger partial charge in [0.2, 0.25) is 0 Å². The first-order valence-corrected chi connectivity index (χ1v) is 6.07. The van der Waals surface area contributed by atoms with Crippen molar-refractivity contribution in [3.05, 3.63) is 24.3 Å². The molecule has 4 heteroatoms. The third-order valence-corrected chi connectivity index (χ3v) is 3.50. The first-order valence-electron chi connectivity index (χ1n) is 6.07. The molecule has 2 N–H and O–H groups in total. The fourth-order valence-electron chi connectivity index (χ4n) is 2.37. The molecule has 17 heavy (non-hydrogen) atoms. The molecule has 1 aliphatic heterocycles. The molecule has 3 nitrogen and oxygen atoms in total. The van der Waals surface area contributed by atoms with Crippen molar-refractivity contribution >= 4 is 11.4 Å². The van der Waals surface area contributed by atoms with E-state index in [4.69, 9.17) is 5.73 Å². The molecule has 1 fully saturated rings. The quantitative estimate of drug-likeness (QED) is 0.810. The molecule has 2 rings (SSSR count). The smallest absolute Gasteiger partial charge is 0.102 e. The topological polar surface area (TPSA) is 32.5 Å². The van der Waals surface area contributed by atoms with Crippen molar-refractivity contribution in [3.63, 3.8) is 0 Å². The Bertz CT molecular complexity index is 352. The lowest BCUT2D eigenvalue weighted by atomic mass is 10.2. The Balaban J connectivity index is 1.96. The lowest BCUT2D eigenvalue weighted by Gasteiger charge is -2.27. The summed E-state index contributed by atoms with van der Waals surface area (Å²) in [5, 5.41) is 0. The summed E-state index contributed by atoms with van der Waals surface area (Å²) >= 11 is 0. The molecule has 0 radical (unpaired) electrons. The highest BCUT2D eigenvalue weighted by Gasteiger charge is 2.25. The van der Waals surface area contributed by atoms with Gasteiger partial charge in [-0.05, 0) is 30.7 Å². The van der Waals surface area contributed by atoms with Crippen LogP contribution in [0.4, 0.5) is 15.8 Å². The molecule has 1 saturated heterocycles. The van der Waals surface area contributed by atoms with E-state index in [2.05, 4.69) is 16.8 Å². The number of alkyl halides is 1. The number of nitrogens with two attached hydrogens (primary N) is 1. The molecule has 1 heterocycles. The third-order valence-electron chi connectivity index (χ3n) is 3.50. The zero-order valence-electron chi connectivity index (χ0n) is 10.3. The maximum absolute atomic E-state index is 12.3. The van der Waals surface area contributed by atoms with Crippen LogP contribution in [-0.4, -0.2) is 44.3 Å². The predicted molar refractivity (Wildman–Crippen MR) is 70.1 cm³/mol. The van der Waals surface area contributed by atoms with Gasteiger partial charge in [0.1, 0.15) is 6.67 Å². The van der Waals surface area contributed by atoms with E-state index >= 15 is 0 Å². The molecule has 0 aromatic heterocycles. The first-order chi connectivity index (χ1) is 8.20. The number of anilines is 2. The van der Waals surface area contributed by atoms with Crippen LogP contribution in [0.2, 0.25) is 0 Å². The van der Waals surface area contributed by atoms with Gasteiger partial charge in [0.25, 0.3) is 0 Å². The van der Waals surface area contributed by atoms with Crippen LogP contribution in [0.25, 0.3) is 0 Å². The number of nitrogen functional groups attached to an aromatic ring is 1. The second-order valence-corrected chi connectivity index (χ2v) is 4.63. The van der Waals surface area contributed by atoms with E-state index in [1.165, 1.54) is 5.69 Å². The fourth-order valence-corrected chi connectivity index (χ4v) is 2.37. The Morgan fingerprint density at radius 1 is 1.41 bits per heavy atom. The molecule has 1 atom stereocenters. The third kappa shape index (κ3) is 2.88. The van der Waals surface area contributed by atoms with Gasteiger partial charge in [-0.1, -0.05) is 0 Å². The number of nitrogens with zero attached hydrogens (tertiary/aromatic N) is 2. The molecule has 1 aromatic rings. The predicted octanol–water partition coefficient (Wildman–Crippen LogP) is 1.75. The van der Waals surface area contributed by atoms with Crippen LogP contribution in [0.5, 0.6) is 0 Å². The summed E-state index contributed by atoms with van der Waals surface area (Å²) in [5.41, 5.74) is 7.63. The Morgan fingerprint density at radius 2 is 2.12 bits per heavy atom. The molecule has 1 aromatic carbocycles. The summed E-state index contributed by atoms with van der Waals surface area (Å²) in [6, 6.07) is 8.38. The Morgan fingerprint density at radius 3 is 2.76 bits per heavy atom. The summed E-state index contributed by atoms with van der Waals surface area (Å²) in [6.45, 7) is 2.25. The van der Waals surface area contributed by atoms with Crippen molar-refractivity contribution in [2.24, 2.45) is 0 Å². The number of likely N-dealkylation sites (N-methyl/N-ethyl adjacent to an activating group) is 1. The molecular formula is C13H20FN3.